The summed E-state index contributed by atoms with van der Waals surface area (Å²) in [6.45, 7) is 4.59. The molecule has 8 nitrogen and oxygen atoms in total. The van der Waals surface area contributed by atoms with E-state index < -0.39 is 10.0 Å². The van der Waals surface area contributed by atoms with Crippen LogP contribution in [0.5, 0.6) is 0 Å². The summed E-state index contributed by atoms with van der Waals surface area (Å²) >= 11 is 0. The van der Waals surface area contributed by atoms with E-state index in [2.05, 4.69) is 10.4 Å². The second-order valence-corrected chi connectivity index (χ2v) is 10.1. The van der Waals surface area contributed by atoms with Gasteiger partial charge in [0.05, 0.1) is 17.1 Å². The third-order valence-corrected chi connectivity index (χ3v) is 7.71. The highest BCUT2D eigenvalue weighted by atomic mass is 32.2. The average Bonchev–Trinajstić information content (AvgIpc) is 3.35. The maximum absolute atomic E-state index is 12.8. The normalized spacial score (nSPS) is 15.4. The minimum Gasteiger partial charge on any atom is -0.355 e. The van der Waals surface area contributed by atoms with E-state index in [9.17, 15) is 13.2 Å². The van der Waals surface area contributed by atoms with Crippen molar-refractivity contribution in [2.24, 2.45) is 0 Å². The first-order chi connectivity index (χ1) is 15.9. The Labute approximate surface area is 194 Å². The van der Waals surface area contributed by atoms with E-state index in [1.807, 2.05) is 48.4 Å². The predicted molar refractivity (Wildman–Crippen MR) is 127 cm³/mol. The molecular weight excluding hydrogens is 438 g/mol. The van der Waals surface area contributed by atoms with Gasteiger partial charge < -0.3 is 5.32 Å². The van der Waals surface area contributed by atoms with Gasteiger partial charge in [0.2, 0.25) is 15.9 Å². The SMILES string of the molecule is Cc1ccc(S(=O)(=O)N2CCN(CC(=O)NCCc3ccc(-n4cccn4)cc3)CC2)cc1. The molecule has 1 aromatic heterocycles. The first-order valence-electron chi connectivity index (χ1n) is 11.1. The van der Waals surface area contributed by atoms with Crippen molar-refractivity contribution in [2.45, 2.75) is 18.2 Å². The molecule has 1 N–H and O–H groups in total. The van der Waals surface area contributed by atoms with E-state index in [-0.39, 0.29) is 12.5 Å². The van der Waals surface area contributed by atoms with Gasteiger partial charge in [-0.2, -0.15) is 9.40 Å². The predicted octanol–water partition coefficient (Wildman–Crippen LogP) is 1.85. The Balaban J connectivity index is 1.19. The van der Waals surface area contributed by atoms with Gasteiger partial charge in [0.25, 0.3) is 0 Å². The summed E-state index contributed by atoms with van der Waals surface area (Å²) in [5, 5.41) is 7.18. The molecule has 0 saturated carbocycles. The lowest BCUT2D eigenvalue weighted by molar-refractivity contribution is -0.122. The molecule has 1 amide bonds. The number of aryl methyl sites for hydroxylation is 1. The first-order valence-corrected chi connectivity index (χ1v) is 12.5. The summed E-state index contributed by atoms with van der Waals surface area (Å²) < 4.78 is 28.9. The zero-order valence-electron chi connectivity index (χ0n) is 18.7. The summed E-state index contributed by atoms with van der Waals surface area (Å²) in [6, 6.07) is 16.9. The van der Waals surface area contributed by atoms with Gasteiger partial charge in [-0.25, -0.2) is 13.1 Å². The number of amides is 1. The van der Waals surface area contributed by atoms with Gasteiger partial charge in [-0.15, -0.1) is 0 Å². The molecule has 0 bridgehead atoms. The minimum absolute atomic E-state index is 0.0435. The van der Waals surface area contributed by atoms with Crippen LogP contribution in [0.4, 0.5) is 0 Å². The summed E-state index contributed by atoms with van der Waals surface area (Å²) in [6.07, 6.45) is 4.38. The number of nitrogens with one attached hydrogen (secondary N) is 1. The number of benzene rings is 2. The molecule has 1 aliphatic heterocycles. The number of carbonyl (C=O) groups excluding carboxylic acids is 1. The maximum atomic E-state index is 12.8. The lowest BCUT2D eigenvalue weighted by Gasteiger charge is -2.33. The van der Waals surface area contributed by atoms with Crippen molar-refractivity contribution in [3.63, 3.8) is 0 Å². The smallest absolute Gasteiger partial charge is 0.243 e. The number of nitrogens with zero attached hydrogens (tertiary/aromatic N) is 4. The van der Waals surface area contributed by atoms with Crippen LogP contribution in [-0.2, 0) is 21.2 Å². The zero-order valence-corrected chi connectivity index (χ0v) is 19.5. The van der Waals surface area contributed by atoms with Gasteiger partial charge in [0.15, 0.2) is 0 Å². The first kappa shape index (κ1) is 23.2. The van der Waals surface area contributed by atoms with Crippen molar-refractivity contribution >= 4 is 15.9 Å². The van der Waals surface area contributed by atoms with Crippen LogP contribution in [0.15, 0.2) is 71.9 Å². The van der Waals surface area contributed by atoms with Crippen LogP contribution < -0.4 is 5.32 Å². The lowest BCUT2D eigenvalue weighted by atomic mass is 10.1. The molecular formula is C24H29N5O3S. The Hall–Kier alpha value is -3.01. The molecule has 1 saturated heterocycles. The van der Waals surface area contributed by atoms with Gasteiger partial charge >= 0.3 is 0 Å². The number of rotatable bonds is 8. The quantitative estimate of drug-likeness (QED) is 0.546. The fraction of sp³-hybridized carbons (Fsp3) is 0.333. The maximum Gasteiger partial charge on any atom is 0.243 e. The Bertz CT molecular complexity index is 1150. The van der Waals surface area contributed by atoms with E-state index in [4.69, 9.17) is 0 Å². The molecule has 33 heavy (non-hydrogen) atoms. The van der Waals surface area contributed by atoms with Crippen LogP contribution in [0.3, 0.4) is 0 Å². The molecule has 174 valence electrons. The van der Waals surface area contributed by atoms with E-state index in [1.165, 1.54) is 4.31 Å². The fourth-order valence-electron chi connectivity index (χ4n) is 3.83. The van der Waals surface area contributed by atoms with Gasteiger partial charge in [-0.1, -0.05) is 29.8 Å². The topological polar surface area (TPSA) is 87.5 Å². The lowest BCUT2D eigenvalue weighted by Crippen LogP contribution is -2.51. The van der Waals surface area contributed by atoms with Crippen molar-refractivity contribution < 1.29 is 13.2 Å². The molecule has 0 spiro atoms. The molecule has 2 heterocycles. The third kappa shape index (κ3) is 5.87. The van der Waals surface area contributed by atoms with Crippen molar-refractivity contribution in [2.75, 3.05) is 39.3 Å². The van der Waals surface area contributed by atoms with E-state index in [0.717, 1.165) is 23.2 Å². The highest BCUT2D eigenvalue weighted by molar-refractivity contribution is 7.89. The molecule has 0 unspecified atom stereocenters. The van der Waals surface area contributed by atoms with Crippen LogP contribution in [0, 0.1) is 6.92 Å². The van der Waals surface area contributed by atoms with Gasteiger partial charge in [0.1, 0.15) is 0 Å². The summed E-state index contributed by atoms with van der Waals surface area (Å²) in [5.74, 6) is -0.0435. The number of sulfonamides is 1. The van der Waals surface area contributed by atoms with E-state index >= 15 is 0 Å². The van der Waals surface area contributed by atoms with Crippen molar-refractivity contribution in [1.82, 2.24) is 24.3 Å². The van der Waals surface area contributed by atoms with Crippen molar-refractivity contribution in [3.8, 4) is 5.69 Å². The second-order valence-electron chi connectivity index (χ2n) is 8.21. The molecule has 0 radical (unpaired) electrons. The minimum atomic E-state index is -3.49. The Morgan fingerprint density at radius 3 is 2.33 bits per heavy atom. The van der Waals surface area contributed by atoms with E-state index in [0.29, 0.717) is 37.6 Å². The van der Waals surface area contributed by atoms with Gasteiger partial charge in [-0.3, -0.25) is 9.69 Å². The average molecular weight is 468 g/mol. The second kappa shape index (κ2) is 10.3. The number of piperazine rings is 1. The molecule has 2 aromatic carbocycles. The van der Waals surface area contributed by atoms with Gasteiger partial charge in [0, 0.05) is 45.1 Å². The van der Waals surface area contributed by atoms with Crippen molar-refractivity contribution in [3.05, 3.63) is 78.1 Å². The Kier molecular flexibility index (Phi) is 7.22. The van der Waals surface area contributed by atoms with Crippen LogP contribution in [-0.4, -0.2) is 72.6 Å². The number of hydrogen-bond acceptors (Lipinski definition) is 5. The largest absolute Gasteiger partial charge is 0.355 e. The molecule has 1 fully saturated rings. The van der Waals surface area contributed by atoms with Gasteiger partial charge in [-0.05, 0) is 49.2 Å². The standard InChI is InChI=1S/C24H29N5O3S/c1-20-3-9-23(10-4-20)33(31,32)28-17-15-27(16-18-28)19-24(30)25-13-11-21-5-7-22(8-6-21)29-14-2-12-26-29/h2-10,12,14H,11,13,15-19H2,1H3,(H,25,30). The summed E-state index contributed by atoms with van der Waals surface area (Å²) in [5.41, 5.74) is 3.16. The molecule has 9 heteroatoms. The third-order valence-electron chi connectivity index (χ3n) is 5.80. The van der Waals surface area contributed by atoms with Crippen LogP contribution in [0.25, 0.3) is 5.69 Å². The Morgan fingerprint density at radius 2 is 1.70 bits per heavy atom. The highest BCUT2D eigenvalue weighted by Crippen LogP contribution is 2.18. The van der Waals surface area contributed by atoms with Crippen molar-refractivity contribution in [1.29, 1.82) is 0 Å². The molecule has 0 aliphatic carbocycles. The molecule has 3 aromatic rings. The van der Waals surface area contributed by atoms with Crippen LogP contribution in [0.2, 0.25) is 0 Å². The molecule has 0 atom stereocenters. The number of aromatic nitrogens is 2. The summed E-state index contributed by atoms with van der Waals surface area (Å²) in [7, 11) is -3.49. The van der Waals surface area contributed by atoms with Crippen LogP contribution in [0.1, 0.15) is 11.1 Å². The molecule has 1 aliphatic rings. The summed E-state index contributed by atoms with van der Waals surface area (Å²) in [4.78, 5) is 14.7. The highest BCUT2D eigenvalue weighted by Gasteiger charge is 2.28. The van der Waals surface area contributed by atoms with Crippen LogP contribution >= 0.6 is 0 Å². The molecule has 4 rings (SSSR count). The number of hydrogen-bond donors (Lipinski definition) is 1. The van der Waals surface area contributed by atoms with E-state index in [1.54, 1.807) is 35.1 Å². The monoisotopic (exact) mass is 467 g/mol. The number of carbonyl (C=O) groups is 1. The Morgan fingerprint density at radius 1 is 1.00 bits per heavy atom. The fourth-order valence-corrected chi connectivity index (χ4v) is 5.25. The zero-order chi connectivity index (χ0) is 23.3.